The van der Waals surface area contributed by atoms with E-state index in [-0.39, 0.29) is 0 Å². The Kier molecular flexibility index (Phi) is 7.52. The fraction of sp³-hybridized carbons (Fsp3) is 0.300. The van der Waals surface area contributed by atoms with E-state index in [0.29, 0.717) is 12.5 Å². The Morgan fingerprint density at radius 2 is 1.81 bits per heavy atom. The lowest BCUT2D eigenvalue weighted by Gasteiger charge is -2.33. The van der Waals surface area contributed by atoms with Gasteiger partial charge in [-0.3, -0.25) is 9.88 Å². The van der Waals surface area contributed by atoms with E-state index in [9.17, 15) is 0 Å². The Balaban J connectivity index is 1.43. The van der Waals surface area contributed by atoms with Crippen molar-refractivity contribution in [1.29, 1.82) is 0 Å². The van der Waals surface area contributed by atoms with Crippen molar-refractivity contribution < 1.29 is 9.47 Å². The second-order valence-electron chi connectivity index (χ2n) is 9.09. The minimum atomic E-state index is 0.321. The molecule has 1 fully saturated rings. The fourth-order valence-electron chi connectivity index (χ4n) is 4.95. The van der Waals surface area contributed by atoms with Gasteiger partial charge in [0.1, 0.15) is 0 Å². The Labute approximate surface area is 213 Å². The molecule has 184 valence electrons. The Bertz CT molecular complexity index is 1280. The molecule has 0 bridgehead atoms. The third kappa shape index (κ3) is 5.39. The van der Waals surface area contributed by atoms with Gasteiger partial charge in [-0.05, 0) is 61.7 Å². The Hall–Kier alpha value is -3.77. The molecule has 3 heterocycles. The molecule has 5 rings (SSSR count). The molecule has 6 nitrogen and oxygen atoms in total. The molecule has 36 heavy (non-hydrogen) atoms. The van der Waals surface area contributed by atoms with Crippen LogP contribution in [0.4, 0.5) is 0 Å². The first-order chi connectivity index (χ1) is 17.7. The predicted octanol–water partition coefficient (Wildman–Crippen LogP) is 5.99. The summed E-state index contributed by atoms with van der Waals surface area (Å²) in [5.74, 6) is 2.65. The zero-order valence-corrected chi connectivity index (χ0v) is 20.9. The predicted molar refractivity (Wildman–Crippen MR) is 142 cm³/mol. The van der Waals surface area contributed by atoms with Crippen LogP contribution in [0.3, 0.4) is 0 Å². The first kappa shape index (κ1) is 23.9. The highest BCUT2D eigenvalue weighted by molar-refractivity contribution is 5.67. The molecule has 0 aliphatic carbocycles. The fourth-order valence-corrected chi connectivity index (χ4v) is 4.95. The first-order valence-electron chi connectivity index (χ1n) is 12.6. The van der Waals surface area contributed by atoms with Crippen molar-refractivity contribution in [3.05, 3.63) is 90.5 Å². The average molecular weight is 481 g/mol. The molecule has 0 unspecified atom stereocenters. The summed E-state index contributed by atoms with van der Waals surface area (Å²) < 4.78 is 11.3. The summed E-state index contributed by atoms with van der Waals surface area (Å²) in [6.45, 7) is 5.48. The Morgan fingerprint density at radius 1 is 0.972 bits per heavy atom. The molecule has 0 radical (unpaired) electrons. The van der Waals surface area contributed by atoms with Crippen molar-refractivity contribution >= 4 is 0 Å². The maximum atomic E-state index is 5.80. The smallest absolute Gasteiger partial charge is 0.161 e. The van der Waals surface area contributed by atoms with Gasteiger partial charge < -0.3 is 9.47 Å². The molecule has 2 aromatic heterocycles. The van der Waals surface area contributed by atoms with E-state index in [1.807, 2.05) is 37.4 Å². The molecule has 0 N–H and O–H groups in total. The van der Waals surface area contributed by atoms with E-state index in [2.05, 4.69) is 46.3 Å². The summed E-state index contributed by atoms with van der Waals surface area (Å²) in [7, 11) is 1.68. The molecule has 1 atom stereocenters. The minimum Gasteiger partial charge on any atom is -0.493 e. The van der Waals surface area contributed by atoms with Crippen LogP contribution in [0, 0.1) is 0 Å². The summed E-state index contributed by atoms with van der Waals surface area (Å²) in [5.41, 5.74) is 5.60. The highest BCUT2D eigenvalue weighted by atomic mass is 16.5. The quantitative estimate of drug-likeness (QED) is 0.309. The molecule has 0 spiro atoms. The summed E-state index contributed by atoms with van der Waals surface area (Å²) >= 11 is 0. The van der Waals surface area contributed by atoms with Crippen LogP contribution in [0.25, 0.3) is 22.5 Å². The lowest BCUT2D eigenvalue weighted by Crippen LogP contribution is -2.34. The van der Waals surface area contributed by atoms with E-state index in [1.54, 1.807) is 19.5 Å². The standard InChI is InChI=1S/C30H32N4O2/c1-3-36-28-18-22(11-12-27(28)35-2)20-34-17-7-10-25(21-34)29-26(23-8-5-4-6-9-23)19-32-30(33-29)24-13-15-31-16-14-24/h4-6,8-9,11-16,18-19,25H,3,7,10,17,20-21H2,1-2H3/t25-/m0/s1. The second kappa shape index (κ2) is 11.3. The van der Waals surface area contributed by atoms with Gasteiger partial charge in [-0.2, -0.15) is 0 Å². The number of hydrogen-bond acceptors (Lipinski definition) is 6. The maximum Gasteiger partial charge on any atom is 0.161 e. The highest BCUT2D eigenvalue weighted by Crippen LogP contribution is 2.35. The van der Waals surface area contributed by atoms with Crippen molar-refractivity contribution in [2.75, 3.05) is 26.8 Å². The van der Waals surface area contributed by atoms with Gasteiger partial charge in [0.25, 0.3) is 0 Å². The summed E-state index contributed by atoms with van der Waals surface area (Å²) in [5, 5.41) is 0. The number of hydrogen-bond donors (Lipinski definition) is 0. The van der Waals surface area contributed by atoms with Crippen LogP contribution in [-0.2, 0) is 6.54 Å². The van der Waals surface area contributed by atoms with Crippen molar-refractivity contribution in [3.8, 4) is 34.0 Å². The van der Waals surface area contributed by atoms with Crippen molar-refractivity contribution in [2.24, 2.45) is 0 Å². The first-order valence-corrected chi connectivity index (χ1v) is 12.6. The minimum absolute atomic E-state index is 0.321. The van der Waals surface area contributed by atoms with Crippen LogP contribution in [0.5, 0.6) is 11.5 Å². The lowest BCUT2D eigenvalue weighted by molar-refractivity contribution is 0.198. The molecule has 2 aromatic carbocycles. The monoisotopic (exact) mass is 480 g/mol. The number of ether oxygens (including phenoxy) is 2. The highest BCUT2D eigenvalue weighted by Gasteiger charge is 2.26. The number of rotatable bonds is 8. The van der Waals surface area contributed by atoms with Gasteiger partial charge in [0.2, 0.25) is 0 Å². The van der Waals surface area contributed by atoms with Crippen LogP contribution < -0.4 is 9.47 Å². The van der Waals surface area contributed by atoms with Crippen molar-refractivity contribution in [1.82, 2.24) is 19.9 Å². The molecule has 1 aliphatic heterocycles. The zero-order valence-electron chi connectivity index (χ0n) is 20.9. The third-order valence-corrected chi connectivity index (χ3v) is 6.67. The molecule has 0 saturated carbocycles. The van der Waals surface area contributed by atoms with E-state index in [0.717, 1.165) is 72.2 Å². The number of methoxy groups -OCH3 is 1. The molecule has 4 aromatic rings. The van der Waals surface area contributed by atoms with E-state index in [1.165, 1.54) is 5.56 Å². The molecular weight excluding hydrogens is 448 g/mol. The van der Waals surface area contributed by atoms with Gasteiger partial charge in [-0.25, -0.2) is 9.97 Å². The normalized spacial score (nSPS) is 16.0. The number of benzene rings is 2. The van der Waals surface area contributed by atoms with Crippen molar-refractivity contribution in [3.63, 3.8) is 0 Å². The molecule has 1 saturated heterocycles. The van der Waals surface area contributed by atoms with Crippen LogP contribution in [0.2, 0.25) is 0 Å². The molecule has 6 heteroatoms. The topological polar surface area (TPSA) is 60.4 Å². The number of pyridine rings is 1. The van der Waals surface area contributed by atoms with Gasteiger partial charge in [-0.1, -0.05) is 36.4 Å². The summed E-state index contributed by atoms with van der Waals surface area (Å²) in [6, 6.07) is 20.6. The summed E-state index contributed by atoms with van der Waals surface area (Å²) in [4.78, 5) is 16.5. The molecule has 1 aliphatic rings. The zero-order chi connectivity index (χ0) is 24.7. The van der Waals surface area contributed by atoms with Gasteiger partial charge in [-0.15, -0.1) is 0 Å². The third-order valence-electron chi connectivity index (χ3n) is 6.67. The average Bonchev–Trinajstić information content (AvgIpc) is 2.94. The molecule has 0 amide bonds. The maximum absolute atomic E-state index is 5.80. The number of likely N-dealkylation sites (tertiary alicyclic amines) is 1. The number of aromatic nitrogens is 3. The summed E-state index contributed by atoms with van der Waals surface area (Å²) in [6.07, 6.45) is 7.80. The van der Waals surface area contributed by atoms with Crippen LogP contribution in [0.1, 0.15) is 36.9 Å². The van der Waals surface area contributed by atoms with Crippen LogP contribution in [0.15, 0.2) is 79.3 Å². The van der Waals surface area contributed by atoms with Gasteiger partial charge >= 0.3 is 0 Å². The van der Waals surface area contributed by atoms with Crippen LogP contribution >= 0.6 is 0 Å². The van der Waals surface area contributed by atoms with E-state index < -0.39 is 0 Å². The second-order valence-corrected chi connectivity index (χ2v) is 9.09. The van der Waals surface area contributed by atoms with E-state index >= 15 is 0 Å². The van der Waals surface area contributed by atoms with Crippen molar-refractivity contribution in [2.45, 2.75) is 32.2 Å². The van der Waals surface area contributed by atoms with Gasteiger partial charge in [0, 0.05) is 48.7 Å². The number of nitrogens with zero attached hydrogens (tertiary/aromatic N) is 4. The lowest BCUT2D eigenvalue weighted by atomic mass is 9.89. The number of piperidine rings is 1. The Morgan fingerprint density at radius 3 is 2.58 bits per heavy atom. The SMILES string of the molecule is CCOc1cc(CN2CCC[C@H](c3nc(-c4ccncc4)ncc3-c3ccccc3)C2)ccc1OC. The largest absolute Gasteiger partial charge is 0.493 e. The molecular formula is C30H32N4O2. The van der Waals surface area contributed by atoms with Gasteiger partial charge in [0.05, 0.1) is 19.4 Å². The van der Waals surface area contributed by atoms with Gasteiger partial charge in [0.15, 0.2) is 17.3 Å². The van der Waals surface area contributed by atoms with Crippen LogP contribution in [-0.4, -0.2) is 46.7 Å². The van der Waals surface area contributed by atoms with E-state index in [4.69, 9.17) is 19.4 Å².